The lowest BCUT2D eigenvalue weighted by Crippen LogP contribution is -2.05. The summed E-state index contributed by atoms with van der Waals surface area (Å²) in [5.41, 5.74) is 2.32. The first-order valence-electron chi connectivity index (χ1n) is 6.98. The van der Waals surface area contributed by atoms with E-state index >= 15 is 0 Å². The molecule has 0 bridgehead atoms. The van der Waals surface area contributed by atoms with Gasteiger partial charge in [-0.25, -0.2) is 4.79 Å². The van der Waals surface area contributed by atoms with E-state index in [0.717, 1.165) is 11.1 Å². The summed E-state index contributed by atoms with van der Waals surface area (Å²) in [4.78, 5) is 22.8. The van der Waals surface area contributed by atoms with Crippen molar-refractivity contribution >= 4 is 35.2 Å². The maximum Gasteiger partial charge on any atom is 0.336 e. The number of aryl methyl sites for hydroxylation is 1. The zero-order chi connectivity index (χ0) is 16.8. The van der Waals surface area contributed by atoms with Gasteiger partial charge in [0.2, 0.25) is 5.91 Å². The lowest BCUT2D eigenvalue weighted by Gasteiger charge is -2.05. The first-order valence-corrected chi connectivity index (χ1v) is 7.35. The summed E-state index contributed by atoms with van der Waals surface area (Å²) >= 11 is 5.86. The monoisotopic (exact) mass is 329 g/mol. The third kappa shape index (κ3) is 5.27. The van der Waals surface area contributed by atoms with Gasteiger partial charge in [-0.3, -0.25) is 4.79 Å². The molecule has 1 amide bonds. The van der Waals surface area contributed by atoms with Crippen molar-refractivity contribution in [1.82, 2.24) is 0 Å². The van der Waals surface area contributed by atoms with Crippen LogP contribution in [0.4, 0.5) is 5.69 Å². The van der Waals surface area contributed by atoms with Crippen LogP contribution in [0, 0.1) is 6.92 Å². The van der Waals surface area contributed by atoms with Crippen LogP contribution in [0.5, 0.6) is 5.75 Å². The molecule has 0 saturated carbocycles. The first-order chi connectivity index (χ1) is 10.9. The third-order valence-corrected chi connectivity index (χ3v) is 3.23. The second-order valence-corrected chi connectivity index (χ2v) is 5.40. The van der Waals surface area contributed by atoms with Gasteiger partial charge in [-0.2, -0.15) is 0 Å². The molecule has 0 heterocycles. The standard InChI is InChI=1S/C18H16ClNO3/c1-12-11-15(19)6-9-17(12)23-18(22)10-5-14-3-7-16(8-4-14)20-13(2)21/h3-11H,1-2H3,(H,20,21)/b10-5+. The number of hydrogen-bond acceptors (Lipinski definition) is 3. The van der Waals surface area contributed by atoms with Gasteiger partial charge in [0.05, 0.1) is 0 Å². The van der Waals surface area contributed by atoms with Crippen molar-refractivity contribution in [1.29, 1.82) is 0 Å². The van der Waals surface area contributed by atoms with Gasteiger partial charge in [-0.05, 0) is 54.5 Å². The van der Waals surface area contributed by atoms with Crippen LogP contribution in [0.2, 0.25) is 5.02 Å². The summed E-state index contributed by atoms with van der Waals surface area (Å²) in [6.45, 7) is 3.27. The van der Waals surface area contributed by atoms with E-state index in [0.29, 0.717) is 16.5 Å². The van der Waals surface area contributed by atoms with Gasteiger partial charge in [0, 0.05) is 23.7 Å². The van der Waals surface area contributed by atoms with Gasteiger partial charge in [0.25, 0.3) is 0 Å². The minimum atomic E-state index is -0.471. The van der Waals surface area contributed by atoms with E-state index in [4.69, 9.17) is 16.3 Å². The molecule has 4 nitrogen and oxygen atoms in total. The normalized spacial score (nSPS) is 10.6. The minimum absolute atomic E-state index is 0.129. The van der Waals surface area contributed by atoms with Crippen molar-refractivity contribution in [2.75, 3.05) is 5.32 Å². The number of carbonyl (C=O) groups excluding carboxylic acids is 2. The van der Waals surface area contributed by atoms with Crippen LogP contribution in [0.3, 0.4) is 0 Å². The van der Waals surface area contributed by atoms with Crippen molar-refractivity contribution in [3.8, 4) is 5.75 Å². The van der Waals surface area contributed by atoms with Gasteiger partial charge >= 0.3 is 5.97 Å². The van der Waals surface area contributed by atoms with Gasteiger partial charge in [0.1, 0.15) is 5.75 Å². The molecule has 0 aliphatic heterocycles. The molecule has 0 fully saturated rings. The summed E-state index contributed by atoms with van der Waals surface area (Å²) in [6, 6.07) is 12.2. The lowest BCUT2D eigenvalue weighted by molar-refractivity contribution is -0.129. The number of anilines is 1. The molecule has 0 unspecified atom stereocenters. The fourth-order valence-electron chi connectivity index (χ4n) is 1.91. The Balaban J connectivity index is 1.99. The number of ether oxygens (including phenoxy) is 1. The quantitative estimate of drug-likeness (QED) is 0.519. The maximum atomic E-state index is 11.8. The Hall–Kier alpha value is -2.59. The molecule has 0 atom stereocenters. The molecule has 0 spiro atoms. The van der Waals surface area contributed by atoms with Crippen LogP contribution >= 0.6 is 11.6 Å². The molecule has 0 aliphatic carbocycles. The van der Waals surface area contributed by atoms with E-state index in [1.54, 1.807) is 48.5 Å². The molecule has 118 valence electrons. The molecule has 2 aromatic carbocycles. The summed E-state index contributed by atoms with van der Waals surface area (Å²) in [5, 5.41) is 3.27. The van der Waals surface area contributed by atoms with Gasteiger partial charge in [-0.1, -0.05) is 23.7 Å². The molecule has 23 heavy (non-hydrogen) atoms. The lowest BCUT2D eigenvalue weighted by atomic mass is 10.2. The van der Waals surface area contributed by atoms with Gasteiger partial charge in [-0.15, -0.1) is 0 Å². The molecular formula is C18H16ClNO3. The van der Waals surface area contributed by atoms with Gasteiger partial charge < -0.3 is 10.1 Å². The molecule has 0 aliphatic rings. The highest BCUT2D eigenvalue weighted by Gasteiger charge is 2.04. The zero-order valence-electron chi connectivity index (χ0n) is 12.8. The summed E-state index contributed by atoms with van der Waals surface area (Å²) in [7, 11) is 0. The third-order valence-electron chi connectivity index (χ3n) is 2.99. The highest BCUT2D eigenvalue weighted by Crippen LogP contribution is 2.22. The number of amides is 1. The van der Waals surface area contributed by atoms with Crippen LogP contribution in [-0.4, -0.2) is 11.9 Å². The second kappa shape index (κ2) is 7.61. The Labute approximate surface area is 139 Å². The van der Waals surface area contributed by atoms with E-state index in [-0.39, 0.29) is 5.91 Å². The first kappa shape index (κ1) is 16.8. The largest absolute Gasteiger partial charge is 0.423 e. The number of nitrogens with one attached hydrogen (secondary N) is 1. The Bertz CT molecular complexity index is 751. The highest BCUT2D eigenvalue weighted by atomic mass is 35.5. The predicted octanol–water partition coefficient (Wildman–Crippen LogP) is 4.23. The summed E-state index contributed by atoms with van der Waals surface area (Å²) < 4.78 is 5.26. The highest BCUT2D eigenvalue weighted by molar-refractivity contribution is 6.30. The van der Waals surface area contributed by atoms with Gasteiger partial charge in [0.15, 0.2) is 0 Å². The van der Waals surface area contributed by atoms with Crippen LogP contribution in [0.25, 0.3) is 6.08 Å². The summed E-state index contributed by atoms with van der Waals surface area (Å²) in [6.07, 6.45) is 2.99. The van der Waals surface area contributed by atoms with E-state index < -0.39 is 5.97 Å². The second-order valence-electron chi connectivity index (χ2n) is 4.97. The molecule has 0 radical (unpaired) electrons. The molecule has 0 aromatic heterocycles. The number of hydrogen-bond donors (Lipinski definition) is 1. The predicted molar refractivity (Wildman–Crippen MR) is 91.6 cm³/mol. The topological polar surface area (TPSA) is 55.4 Å². The summed E-state index contributed by atoms with van der Waals surface area (Å²) in [5.74, 6) is -0.123. The van der Waals surface area contributed by atoms with E-state index in [1.165, 1.54) is 13.0 Å². The maximum absolute atomic E-state index is 11.8. The molecule has 5 heteroatoms. The molecule has 2 aromatic rings. The Morgan fingerprint density at radius 2 is 1.83 bits per heavy atom. The van der Waals surface area contributed by atoms with E-state index in [9.17, 15) is 9.59 Å². The fraction of sp³-hybridized carbons (Fsp3) is 0.111. The number of halogens is 1. The van der Waals surface area contributed by atoms with Crippen molar-refractivity contribution in [3.63, 3.8) is 0 Å². The average Bonchev–Trinajstić information content (AvgIpc) is 2.49. The van der Waals surface area contributed by atoms with Crippen molar-refractivity contribution < 1.29 is 14.3 Å². The SMILES string of the molecule is CC(=O)Nc1ccc(/C=C/C(=O)Oc2ccc(Cl)cc2C)cc1. The number of rotatable bonds is 4. The Kier molecular flexibility index (Phi) is 5.55. The molecule has 2 rings (SSSR count). The number of esters is 1. The van der Waals surface area contributed by atoms with Crippen LogP contribution in [0.15, 0.2) is 48.5 Å². The van der Waals surface area contributed by atoms with E-state index in [2.05, 4.69) is 5.32 Å². The Morgan fingerprint density at radius 1 is 1.13 bits per heavy atom. The smallest absolute Gasteiger partial charge is 0.336 e. The van der Waals surface area contributed by atoms with Crippen LogP contribution in [-0.2, 0) is 9.59 Å². The van der Waals surface area contributed by atoms with Crippen LogP contribution < -0.4 is 10.1 Å². The number of benzene rings is 2. The molecule has 0 saturated heterocycles. The molecular weight excluding hydrogens is 314 g/mol. The van der Waals surface area contributed by atoms with Crippen LogP contribution in [0.1, 0.15) is 18.1 Å². The number of carbonyl (C=O) groups is 2. The molecule has 1 N–H and O–H groups in total. The van der Waals surface area contributed by atoms with Crippen molar-refractivity contribution in [3.05, 3.63) is 64.7 Å². The Morgan fingerprint density at radius 3 is 2.43 bits per heavy atom. The average molecular weight is 330 g/mol. The fourth-order valence-corrected chi connectivity index (χ4v) is 2.14. The van der Waals surface area contributed by atoms with Crippen molar-refractivity contribution in [2.24, 2.45) is 0 Å². The van der Waals surface area contributed by atoms with Crippen molar-refractivity contribution in [2.45, 2.75) is 13.8 Å². The van der Waals surface area contributed by atoms with E-state index in [1.807, 2.05) is 6.92 Å². The minimum Gasteiger partial charge on any atom is -0.423 e. The zero-order valence-corrected chi connectivity index (χ0v) is 13.6.